The molecular weight excluding hydrogens is 208 g/mol. The highest BCUT2D eigenvalue weighted by Crippen LogP contribution is 2.23. The van der Waals surface area contributed by atoms with E-state index in [2.05, 4.69) is 49.1 Å². The van der Waals surface area contributed by atoms with Crippen LogP contribution in [0.2, 0.25) is 0 Å². The van der Waals surface area contributed by atoms with Gasteiger partial charge >= 0.3 is 0 Å². The fourth-order valence-corrected chi connectivity index (χ4v) is 2.29. The van der Waals surface area contributed by atoms with Gasteiger partial charge in [0.2, 0.25) is 0 Å². The van der Waals surface area contributed by atoms with Crippen LogP contribution in [0.4, 0.5) is 0 Å². The van der Waals surface area contributed by atoms with Crippen LogP contribution in [-0.4, -0.2) is 24.5 Å². The maximum absolute atomic E-state index is 5.76. The second-order valence-electron chi connectivity index (χ2n) is 4.49. The van der Waals surface area contributed by atoms with Crippen LogP contribution in [0.5, 0.6) is 0 Å². The molecule has 0 radical (unpaired) electrons. The first kappa shape index (κ1) is 14.2. The van der Waals surface area contributed by atoms with Gasteiger partial charge in [-0.2, -0.15) is 0 Å². The minimum Gasteiger partial charge on any atom is -0.330 e. The van der Waals surface area contributed by atoms with Gasteiger partial charge in [0, 0.05) is 6.04 Å². The summed E-state index contributed by atoms with van der Waals surface area (Å²) in [6, 6.07) is 11.2. The Kier molecular flexibility index (Phi) is 6.90. The van der Waals surface area contributed by atoms with Gasteiger partial charge in [-0.05, 0) is 38.0 Å². The molecule has 1 rings (SSSR count). The summed E-state index contributed by atoms with van der Waals surface area (Å²) >= 11 is 0. The molecule has 0 aromatic heterocycles. The van der Waals surface area contributed by atoms with Crippen LogP contribution in [0, 0.1) is 0 Å². The molecule has 0 bridgehead atoms. The summed E-state index contributed by atoms with van der Waals surface area (Å²) in [7, 11) is 0. The predicted octanol–water partition coefficient (Wildman–Crippen LogP) is 3.20. The van der Waals surface area contributed by atoms with Crippen molar-refractivity contribution in [2.24, 2.45) is 5.73 Å². The van der Waals surface area contributed by atoms with Crippen LogP contribution in [-0.2, 0) is 0 Å². The van der Waals surface area contributed by atoms with Gasteiger partial charge in [-0.1, -0.05) is 50.6 Å². The van der Waals surface area contributed by atoms with Crippen LogP contribution in [0.3, 0.4) is 0 Å². The summed E-state index contributed by atoms with van der Waals surface area (Å²) in [4.78, 5) is 2.55. The van der Waals surface area contributed by atoms with E-state index in [0.717, 1.165) is 19.5 Å². The van der Waals surface area contributed by atoms with Gasteiger partial charge in [0.05, 0.1) is 0 Å². The Morgan fingerprint density at radius 2 is 1.88 bits per heavy atom. The standard InChI is InChI=1S/C15H26N2/c1-3-5-13-17(4-2)15(11-12-16)14-9-7-6-8-10-14/h6-10,15H,3-5,11-13,16H2,1-2H3. The van der Waals surface area contributed by atoms with Crippen molar-refractivity contribution >= 4 is 0 Å². The zero-order valence-corrected chi connectivity index (χ0v) is 11.2. The molecule has 17 heavy (non-hydrogen) atoms. The monoisotopic (exact) mass is 234 g/mol. The Morgan fingerprint density at radius 1 is 1.18 bits per heavy atom. The highest BCUT2D eigenvalue weighted by molar-refractivity contribution is 5.19. The van der Waals surface area contributed by atoms with Crippen molar-refractivity contribution in [2.45, 2.75) is 39.2 Å². The Labute approximate surface area is 106 Å². The summed E-state index contributed by atoms with van der Waals surface area (Å²) in [5, 5.41) is 0. The molecule has 96 valence electrons. The number of unbranched alkanes of at least 4 members (excludes halogenated alkanes) is 1. The van der Waals surface area contributed by atoms with Gasteiger partial charge in [-0.3, -0.25) is 4.90 Å². The molecule has 0 amide bonds. The zero-order chi connectivity index (χ0) is 12.5. The van der Waals surface area contributed by atoms with Crippen LogP contribution in [0.15, 0.2) is 30.3 Å². The molecular formula is C15H26N2. The van der Waals surface area contributed by atoms with Gasteiger partial charge in [0.15, 0.2) is 0 Å². The Bertz CT molecular complexity index is 284. The first-order valence-electron chi connectivity index (χ1n) is 6.82. The van der Waals surface area contributed by atoms with Crippen LogP contribution in [0.1, 0.15) is 44.7 Å². The smallest absolute Gasteiger partial charge is 0.0359 e. The summed E-state index contributed by atoms with van der Waals surface area (Å²) in [5.74, 6) is 0. The fraction of sp³-hybridized carbons (Fsp3) is 0.600. The van der Waals surface area contributed by atoms with E-state index in [-0.39, 0.29) is 0 Å². The molecule has 2 N–H and O–H groups in total. The molecule has 0 aliphatic rings. The number of hydrogen-bond acceptors (Lipinski definition) is 2. The van der Waals surface area contributed by atoms with E-state index in [1.165, 1.54) is 24.9 Å². The lowest BCUT2D eigenvalue weighted by molar-refractivity contribution is 0.196. The lowest BCUT2D eigenvalue weighted by Gasteiger charge is -2.31. The number of nitrogens with two attached hydrogens (primary N) is 1. The SMILES string of the molecule is CCCCN(CC)C(CCN)c1ccccc1. The average molecular weight is 234 g/mol. The highest BCUT2D eigenvalue weighted by Gasteiger charge is 2.17. The highest BCUT2D eigenvalue weighted by atomic mass is 15.1. The summed E-state index contributed by atoms with van der Waals surface area (Å²) < 4.78 is 0. The van der Waals surface area contributed by atoms with E-state index in [0.29, 0.717) is 6.04 Å². The number of rotatable bonds is 8. The summed E-state index contributed by atoms with van der Waals surface area (Å²) in [5.41, 5.74) is 7.16. The second kappa shape index (κ2) is 8.26. The van der Waals surface area contributed by atoms with Crippen molar-refractivity contribution in [1.82, 2.24) is 4.90 Å². The van der Waals surface area contributed by atoms with Gasteiger partial charge in [0.25, 0.3) is 0 Å². The first-order valence-corrected chi connectivity index (χ1v) is 6.82. The topological polar surface area (TPSA) is 29.3 Å². The molecule has 0 saturated carbocycles. The normalized spacial score (nSPS) is 12.9. The van der Waals surface area contributed by atoms with Gasteiger partial charge < -0.3 is 5.73 Å². The second-order valence-corrected chi connectivity index (χ2v) is 4.49. The number of hydrogen-bond donors (Lipinski definition) is 1. The van der Waals surface area contributed by atoms with Crippen LogP contribution in [0.25, 0.3) is 0 Å². The first-order chi connectivity index (χ1) is 8.33. The Balaban J connectivity index is 2.75. The van der Waals surface area contributed by atoms with E-state index in [9.17, 15) is 0 Å². The van der Waals surface area contributed by atoms with Crippen molar-refractivity contribution in [3.63, 3.8) is 0 Å². The third-order valence-electron chi connectivity index (χ3n) is 3.27. The Hall–Kier alpha value is -0.860. The minimum absolute atomic E-state index is 0.484. The molecule has 1 aromatic carbocycles. The number of benzene rings is 1. The predicted molar refractivity (Wildman–Crippen MR) is 75.0 cm³/mol. The average Bonchev–Trinajstić information content (AvgIpc) is 2.39. The van der Waals surface area contributed by atoms with E-state index in [1.807, 2.05) is 0 Å². The van der Waals surface area contributed by atoms with Crippen molar-refractivity contribution in [2.75, 3.05) is 19.6 Å². The van der Waals surface area contributed by atoms with Crippen molar-refractivity contribution < 1.29 is 0 Å². The molecule has 0 spiro atoms. The Morgan fingerprint density at radius 3 is 2.41 bits per heavy atom. The lowest BCUT2D eigenvalue weighted by Crippen LogP contribution is -2.31. The van der Waals surface area contributed by atoms with Gasteiger partial charge in [-0.25, -0.2) is 0 Å². The summed E-state index contributed by atoms with van der Waals surface area (Å²) in [6.07, 6.45) is 3.56. The molecule has 1 unspecified atom stereocenters. The van der Waals surface area contributed by atoms with E-state index >= 15 is 0 Å². The molecule has 0 fully saturated rings. The van der Waals surface area contributed by atoms with Gasteiger partial charge in [0.1, 0.15) is 0 Å². The maximum atomic E-state index is 5.76. The zero-order valence-electron chi connectivity index (χ0n) is 11.2. The van der Waals surface area contributed by atoms with Gasteiger partial charge in [-0.15, -0.1) is 0 Å². The molecule has 2 nitrogen and oxygen atoms in total. The molecule has 2 heteroatoms. The van der Waals surface area contributed by atoms with Crippen molar-refractivity contribution in [3.8, 4) is 0 Å². The fourth-order valence-electron chi connectivity index (χ4n) is 2.29. The van der Waals surface area contributed by atoms with Crippen molar-refractivity contribution in [1.29, 1.82) is 0 Å². The maximum Gasteiger partial charge on any atom is 0.0359 e. The third-order valence-corrected chi connectivity index (χ3v) is 3.27. The quantitative estimate of drug-likeness (QED) is 0.748. The van der Waals surface area contributed by atoms with E-state index < -0.39 is 0 Å². The molecule has 0 aliphatic heterocycles. The van der Waals surface area contributed by atoms with E-state index in [4.69, 9.17) is 5.73 Å². The molecule has 1 atom stereocenters. The molecule has 0 heterocycles. The molecule has 0 saturated heterocycles. The van der Waals surface area contributed by atoms with E-state index in [1.54, 1.807) is 0 Å². The largest absolute Gasteiger partial charge is 0.330 e. The van der Waals surface area contributed by atoms with Crippen LogP contribution < -0.4 is 5.73 Å². The molecule has 0 aliphatic carbocycles. The number of nitrogens with zero attached hydrogens (tertiary/aromatic N) is 1. The van der Waals surface area contributed by atoms with Crippen LogP contribution >= 0.6 is 0 Å². The third kappa shape index (κ3) is 4.49. The van der Waals surface area contributed by atoms with Crippen molar-refractivity contribution in [3.05, 3.63) is 35.9 Å². The summed E-state index contributed by atoms with van der Waals surface area (Å²) in [6.45, 7) is 7.50. The lowest BCUT2D eigenvalue weighted by atomic mass is 10.0. The minimum atomic E-state index is 0.484. The molecule has 1 aromatic rings.